The number of alkyl carbamates (subject to hydrolysis) is 1. The zero-order valence-electron chi connectivity index (χ0n) is 15.6. The molecule has 0 radical (unpaired) electrons. The molecule has 1 unspecified atom stereocenters. The van der Waals surface area contributed by atoms with E-state index in [1.807, 2.05) is 5.48 Å². The Hall–Kier alpha value is -1.83. The van der Waals surface area contributed by atoms with Gasteiger partial charge in [-0.2, -0.15) is 0 Å². The number of hydrogen-bond acceptors (Lipinski definition) is 6. The molecule has 24 heavy (non-hydrogen) atoms. The fraction of sp³-hybridized carbons (Fsp3) is 0.812. The van der Waals surface area contributed by atoms with Crippen LogP contribution in [0.4, 0.5) is 4.79 Å². The number of nitrogens with one attached hydrogen (secondary N) is 2. The lowest BCUT2D eigenvalue weighted by Gasteiger charge is -2.30. The number of carbonyl (C=O) groups is 2. The third-order valence-corrected chi connectivity index (χ3v) is 3.10. The number of aliphatic imine (C=N–C) groups is 1. The van der Waals surface area contributed by atoms with Gasteiger partial charge in [-0.25, -0.2) is 9.59 Å². The highest BCUT2D eigenvalue weighted by Crippen LogP contribution is 2.18. The summed E-state index contributed by atoms with van der Waals surface area (Å²) in [5.74, 6) is -0.0670. The second-order valence-electron chi connectivity index (χ2n) is 6.72. The minimum Gasteiger partial charge on any atom is -0.464 e. The number of ether oxygens (including phenoxy) is 2. The molecule has 8 heteroatoms. The third-order valence-electron chi connectivity index (χ3n) is 3.10. The molecule has 140 valence electrons. The van der Waals surface area contributed by atoms with Crippen molar-refractivity contribution in [2.75, 3.05) is 13.2 Å². The molecule has 0 rings (SSSR count). The van der Waals surface area contributed by atoms with Crippen LogP contribution in [0.3, 0.4) is 0 Å². The molecule has 8 nitrogen and oxygen atoms in total. The van der Waals surface area contributed by atoms with E-state index in [1.54, 1.807) is 41.5 Å². The maximum Gasteiger partial charge on any atom is 0.408 e. The van der Waals surface area contributed by atoms with Crippen LogP contribution in [0.25, 0.3) is 0 Å². The molecular weight excluding hydrogens is 314 g/mol. The van der Waals surface area contributed by atoms with E-state index in [0.717, 1.165) is 0 Å². The second kappa shape index (κ2) is 10.1. The summed E-state index contributed by atoms with van der Waals surface area (Å²) in [7, 11) is 0. The summed E-state index contributed by atoms with van der Waals surface area (Å²) < 4.78 is 10.3. The van der Waals surface area contributed by atoms with E-state index >= 15 is 0 Å². The molecule has 0 aliphatic rings. The van der Waals surface area contributed by atoms with E-state index < -0.39 is 23.2 Å². The van der Waals surface area contributed by atoms with Crippen molar-refractivity contribution in [1.29, 1.82) is 0 Å². The number of unbranched alkanes of at least 4 members (excludes halogenated alkanes) is 1. The van der Waals surface area contributed by atoms with Crippen molar-refractivity contribution in [3.63, 3.8) is 0 Å². The Morgan fingerprint density at radius 3 is 2.29 bits per heavy atom. The SMILES string of the molecule is CCOC(=O)C(C)(CCCCN=C(C)NO)NC(=O)OC(C)(C)C. The van der Waals surface area contributed by atoms with Crippen LogP contribution < -0.4 is 10.8 Å². The van der Waals surface area contributed by atoms with Gasteiger partial charge in [0.1, 0.15) is 17.0 Å². The largest absolute Gasteiger partial charge is 0.464 e. The van der Waals surface area contributed by atoms with Gasteiger partial charge in [0.15, 0.2) is 0 Å². The summed E-state index contributed by atoms with van der Waals surface area (Å²) >= 11 is 0. The highest BCUT2D eigenvalue weighted by Gasteiger charge is 2.37. The minimum atomic E-state index is -1.16. The molecule has 3 N–H and O–H groups in total. The molecule has 0 aliphatic carbocycles. The molecule has 0 aliphatic heterocycles. The molecule has 0 bridgehead atoms. The highest BCUT2D eigenvalue weighted by molar-refractivity contribution is 5.85. The standard InChI is InChI=1S/C16H31N3O5/c1-7-23-13(20)16(6,18-14(21)24-15(3,4)5)10-8-9-11-17-12(2)19-22/h22H,7-11H2,1-6H3,(H,17,19)(H,18,21). The first-order chi connectivity index (χ1) is 11.0. The van der Waals surface area contributed by atoms with E-state index in [9.17, 15) is 9.59 Å². The van der Waals surface area contributed by atoms with E-state index in [0.29, 0.717) is 31.6 Å². The molecule has 0 aromatic rings. The summed E-state index contributed by atoms with van der Waals surface area (Å²) in [5, 5.41) is 11.3. The second-order valence-corrected chi connectivity index (χ2v) is 6.72. The maximum atomic E-state index is 12.2. The zero-order valence-corrected chi connectivity index (χ0v) is 15.6. The van der Waals surface area contributed by atoms with Crippen LogP contribution in [0.15, 0.2) is 4.99 Å². The predicted octanol–water partition coefficient (Wildman–Crippen LogP) is 2.40. The average Bonchev–Trinajstić information content (AvgIpc) is 2.44. The van der Waals surface area contributed by atoms with Crippen molar-refractivity contribution in [3.05, 3.63) is 0 Å². The van der Waals surface area contributed by atoms with Gasteiger partial charge in [-0.3, -0.25) is 15.7 Å². The van der Waals surface area contributed by atoms with Crippen LogP contribution >= 0.6 is 0 Å². The first-order valence-corrected chi connectivity index (χ1v) is 8.13. The van der Waals surface area contributed by atoms with Gasteiger partial charge >= 0.3 is 12.1 Å². The number of hydrogen-bond donors (Lipinski definition) is 3. The van der Waals surface area contributed by atoms with Crippen LogP contribution in [0.1, 0.15) is 60.8 Å². The topological polar surface area (TPSA) is 109 Å². The zero-order chi connectivity index (χ0) is 18.8. The molecule has 1 amide bonds. The van der Waals surface area contributed by atoms with Gasteiger partial charge in [0, 0.05) is 6.54 Å². The lowest BCUT2D eigenvalue weighted by molar-refractivity contribution is -0.150. The molecule has 0 aromatic carbocycles. The van der Waals surface area contributed by atoms with Gasteiger partial charge in [0.05, 0.1) is 6.61 Å². The van der Waals surface area contributed by atoms with Crippen LogP contribution in [-0.4, -0.2) is 47.4 Å². The Kier molecular flexibility index (Phi) is 9.35. The van der Waals surface area contributed by atoms with Crippen LogP contribution in [0, 0.1) is 0 Å². The van der Waals surface area contributed by atoms with Crippen molar-refractivity contribution in [2.45, 2.75) is 71.9 Å². The summed E-state index contributed by atoms with van der Waals surface area (Å²) in [4.78, 5) is 28.3. The van der Waals surface area contributed by atoms with E-state index in [1.165, 1.54) is 0 Å². The van der Waals surface area contributed by atoms with Gasteiger partial charge in [-0.1, -0.05) is 0 Å². The number of esters is 1. The van der Waals surface area contributed by atoms with Crippen molar-refractivity contribution in [1.82, 2.24) is 10.8 Å². The fourth-order valence-corrected chi connectivity index (χ4v) is 1.91. The van der Waals surface area contributed by atoms with Crippen molar-refractivity contribution < 1.29 is 24.3 Å². The molecule has 0 aromatic heterocycles. The molecule has 0 spiro atoms. The lowest BCUT2D eigenvalue weighted by atomic mass is 9.95. The lowest BCUT2D eigenvalue weighted by Crippen LogP contribution is -2.54. The van der Waals surface area contributed by atoms with Crippen LogP contribution in [0.2, 0.25) is 0 Å². The normalized spacial score (nSPS) is 14.5. The van der Waals surface area contributed by atoms with E-state index in [2.05, 4.69) is 10.3 Å². The van der Waals surface area contributed by atoms with Gasteiger partial charge in [0.2, 0.25) is 0 Å². The molecule has 0 heterocycles. The van der Waals surface area contributed by atoms with Gasteiger partial charge < -0.3 is 14.8 Å². The van der Waals surface area contributed by atoms with Gasteiger partial charge in [-0.05, 0) is 60.8 Å². The average molecular weight is 345 g/mol. The fourth-order valence-electron chi connectivity index (χ4n) is 1.91. The number of amides is 1. The van der Waals surface area contributed by atoms with Crippen LogP contribution in [0.5, 0.6) is 0 Å². The van der Waals surface area contributed by atoms with Crippen molar-refractivity contribution >= 4 is 17.9 Å². The van der Waals surface area contributed by atoms with E-state index in [-0.39, 0.29) is 6.61 Å². The summed E-state index contributed by atoms with van der Waals surface area (Å²) in [6.07, 6.45) is 1.08. The first-order valence-electron chi connectivity index (χ1n) is 8.13. The summed E-state index contributed by atoms with van der Waals surface area (Å²) in [5.41, 5.74) is 0.147. The monoisotopic (exact) mass is 345 g/mol. The third kappa shape index (κ3) is 9.34. The number of hydroxylamine groups is 1. The molecule has 1 atom stereocenters. The molecular formula is C16H31N3O5. The van der Waals surface area contributed by atoms with Crippen molar-refractivity contribution in [3.8, 4) is 0 Å². The number of amidine groups is 1. The Bertz CT molecular complexity index is 445. The number of nitrogens with zero attached hydrogens (tertiary/aromatic N) is 1. The molecule has 0 saturated carbocycles. The summed E-state index contributed by atoms with van der Waals surface area (Å²) in [6.45, 7) is 11.0. The van der Waals surface area contributed by atoms with Gasteiger partial charge in [0.25, 0.3) is 0 Å². The minimum absolute atomic E-state index is 0.232. The Balaban J connectivity index is 4.72. The predicted molar refractivity (Wildman–Crippen MR) is 91.2 cm³/mol. The number of carbonyl (C=O) groups excluding carboxylic acids is 2. The highest BCUT2D eigenvalue weighted by atomic mass is 16.6. The summed E-state index contributed by atoms with van der Waals surface area (Å²) in [6, 6.07) is 0. The smallest absolute Gasteiger partial charge is 0.408 e. The van der Waals surface area contributed by atoms with E-state index in [4.69, 9.17) is 14.7 Å². The van der Waals surface area contributed by atoms with Crippen LogP contribution in [-0.2, 0) is 14.3 Å². The first kappa shape index (κ1) is 22.2. The maximum absolute atomic E-state index is 12.2. The van der Waals surface area contributed by atoms with Crippen molar-refractivity contribution in [2.24, 2.45) is 4.99 Å². The Labute approximate surface area is 144 Å². The molecule has 0 fully saturated rings. The quantitative estimate of drug-likeness (QED) is 0.205. The Morgan fingerprint density at radius 2 is 1.79 bits per heavy atom. The number of rotatable bonds is 8. The molecule has 0 saturated heterocycles. The Morgan fingerprint density at radius 1 is 1.17 bits per heavy atom. The van der Waals surface area contributed by atoms with Gasteiger partial charge in [-0.15, -0.1) is 0 Å².